The molecule has 0 fully saturated rings. The predicted octanol–water partition coefficient (Wildman–Crippen LogP) is 2.61. The molecule has 1 aromatic heterocycles. The highest BCUT2D eigenvalue weighted by atomic mass is 32.1. The lowest BCUT2D eigenvalue weighted by Crippen LogP contribution is -2.12. The molecule has 1 heterocycles. The van der Waals surface area contributed by atoms with E-state index < -0.39 is 5.91 Å². The van der Waals surface area contributed by atoms with Gasteiger partial charge >= 0.3 is 0 Å². The first kappa shape index (κ1) is 14.0. The van der Waals surface area contributed by atoms with Crippen LogP contribution >= 0.6 is 11.3 Å². The van der Waals surface area contributed by atoms with E-state index in [9.17, 15) is 9.90 Å². The van der Waals surface area contributed by atoms with Crippen LogP contribution in [-0.2, 0) is 0 Å². The molecular formula is C13H13N3O3S. The number of hydrogen-bond acceptors (Lipinski definition) is 6. The molecule has 0 saturated carbocycles. The number of oxime groups is 1. The van der Waals surface area contributed by atoms with Crippen molar-refractivity contribution >= 4 is 28.1 Å². The number of thiazole rings is 1. The molecular weight excluding hydrogens is 278 g/mol. The van der Waals surface area contributed by atoms with Gasteiger partial charge in [-0.2, -0.15) is 0 Å². The molecule has 0 aliphatic carbocycles. The number of nitrogens with one attached hydrogen (secondary N) is 1. The Morgan fingerprint density at radius 1 is 1.45 bits per heavy atom. The zero-order chi connectivity index (χ0) is 14.7. The highest BCUT2D eigenvalue weighted by molar-refractivity contribution is 7.14. The maximum Gasteiger partial charge on any atom is 0.261 e. The second kappa shape index (κ2) is 5.70. The number of aromatic nitrogens is 1. The fourth-order valence-electron chi connectivity index (χ4n) is 1.55. The second-order valence-electron chi connectivity index (χ2n) is 4.20. The highest BCUT2D eigenvalue weighted by Gasteiger charge is 2.13. The van der Waals surface area contributed by atoms with E-state index >= 15 is 0 Å². The van der Waals surface area contributed by atoms with E-state index in [1.165, 1.54) is 17.4 Å². The van der Waals surface area contributed by atoms with E-state index in [1.54, 1.807) is 24.4 Å². The van der Waals surface area contributed by atoms with Gasteiger partial charge in [-0.15, -0.1) is 11.3 Å². The van der Waals surface area contributed by atoms with Gasteiger partial charge in [0.05, 0.1) is 5.56 Å². The minimum absolute atomic E-state index is 0.0765. The van der Waals surface area contributed by atoms with Gasteiger partial charge in [0.25, 0.3) is 5.91 Å². The summed E-state index contributed by atoms with van der Waals surface area (Å²) in [5.41, 5.74) is 1.89. The first-order valence-electron chi connectivity index (χ1n) is 5.77. The minimum Gasteiger partial charge on any atom is -0.507 e. The quantitative estimate of drug-likeness (QED) is 0.460. The summed E-state index contributed by atoms with van der Waals surface area (Å²) in [5, 5.41) is 26.1. The van der Waals surface area contributed by atoms with Gasteiger partial charge in [-0.1, -0.05) is 11.2 Å². The zero-order valence-electron chi connectivity index (χ0n) is 10.9. The molecule has 3 N–H and O–H groups in total. The average Bonchev–Trinajstić information content (AvgIpc) is 2.86. The van der Waals surface area contributed by atoms with Crippen LogP contribution in [0.4, 0.5) is 5.13 Å². The maximum absolute atomic E-state index is 12.0. The fraction of sp³-hybridized carbons (Fsp3) is 0.154. The van der Waals surface area contributed by atoms with E-state index in [0.717, 1.165) is 5.56 Å². The van der Waals surface area contributed by atoms with E-state index in [0.29, 0.717) is 16.5 Å². The number of aromatic hydroxyl groups is 1. The molecule has 20 heavy (non-hydrogen) atoms. The Bertz CT molecular complexity index is 679. The van der Waals surface area contributed by atoms with Crippen LogP contribution in [-0.4, -0.2) is 26.9 Å². The number of aryl methyl sites for hydroxylation is 1. The summed E-state index contributed by atoms with van der Waals surface area (Å²) < 4.78 is 0. The lowest BCUT2D eigenvalue weighted by molar-refractivity contribution is 0.102. The number of carbonyl (C=O) groups excluding carboxylic acids is 1. The molecule has 2 aromatic rings. The molecule has 7 heteroatoms. The van der Waals surface area contributed by atoms with Crippen molar-refractivity contribution < 1.29 is 15.1 Å². The topological polar surface area (TPSA) is 94.8 Å². The summed E-state index contributed by atoms with van der Waals surface area (Å²) in [6, 6.07) is 4.81. The molecule has 6 nitrogen and oxygen atoms in total. The molecule has 0 unspecified atom stereocenters. The molecule has 0 aliphatic rings. The predicted molar refractivity (Wildman–Crippen MR) is 76.9 cm³/mol. The van der Waals surface area contributed by atoms with Crippen LogP contribution < -0.4 is 5.32 Å². The Morgan fingerprint density at radius 3 is 2.85 bits per heavy atom. The Labute approximate surface area is 119 Å². The number of phenolic OH excluding ortho intramolecular Hbond substituents is 1. The van der Waals surface area contributed by atoms with Crippen molar-refractivity contribution in [2.45, 2.75) is 13.8 Å². The van der Waals surface area contributed by atoms with Crippen molar-refractivity contribution in [1.82, 2.24) is 4.98 Å². The van der Waals surface area contributed by atoms with Crippen molar-refractivity contribution in [3.8, 4) is 5.75 Å². The van der Waals surface area contributed by atoms with E-state index in [1.807, 2.05) is 6.92 Å². The molecule has 0 atom stereocenters. The first-order valence-corrected chi connectivity index (χ1v) is 6.64. The number of anilines is 1. The van der Waals surface area contributed by atoms with Crippen molar-refractivity contribution in [1.29, 1.82) is 0 Å². The first-order chi connectivity index (χ1) is 9.51. The summed E-state index contributed by atoms with van der Waals surface area (Å²) >= 11 is 1.21. The lowest BCUT2D eigenvalue weighted by atomic mass is 10.1. The van der Waals surface area contributed by atoms with E-state index in [-0.39, 0.29) is 11.3 Å². The van der Waals surface area contributed by atoms with Crippen LogP contribution in [0.5, 0.6) is 5.75 Å². The Balaban J connectivity index is 2.17. The number of hydrogen-bond donors (Lipinski definition) is 3. The van der Waals surface area contributed by atoms with Gasteiger partial charge in [0.1, 0.15) is 17.2 Å². The summed E-state index contributed by atoms with van der Waals surface area (Å²) in [6.45, 7) is 3.43. The highest BCUT2D eigenvalue weighted by Crippen LogP contribution is 2.21. The monoisotopic (exact) mass is 291 g/mol. The summed E-state index contributed by atoms with van der Waals surface area (Å²) in [4.78, 5) is 16.1. The van der Waals surface area contributed by atoms with Crippen LogP contribution in [0.2, 0.25) is 0 Å². The third-order valence-electron chi connectivity index (χ3n) is 2.64. The smallest absolute Gasteiger partial charge is 0.261 e. The van der Waals surface area contributed by atoms with Crippen LogP contribution in [0.1, 0.15) is 28.5 Å². The average molecular weight is 291 g/mol. The molecule has 104 valence electrons. The molecule has 1 aromatic carbocycles. The fourth-order valence-corrected chi connectivity index (χ4v) is 2.30. The Hall–Kier alpha value is -2.41. The number of nitrogens with zero attached hydrogens (tertiary/aromatic N) is 2. The number of rotatable bonds is 3. The number of amides is 1. The number of phenols is 1. The van der Waals surface area contributed by atoms with E-state index in [2.05, 4.69) is 15.5 Å². The minimum atomic E-state index is -0.443. The third kappa shape index (κ3) is 2.94. The Morgan fingerprint density at radius 2 is 2.20 bits per heavy atom. The Kier molecular flexibility index (Phi) is 3.99. The van der Waals surface area contributed by atoms with E-state index in [4.69, 9.17) is 5.21 Å². The van der Waals surface area contributed by atoms with Gasteiger partial charge in [-0.3, -0.25) is 10.1 Å². The summed E-state index contributed by atoms with van der Waals surface area (Å²) in [6.07, 6.45) is 0. The molecule has 1 amide bonds. The van der Waals surface area contributed by atoms with Crippen LogP contribution in [0.15, 0.2) is 28.7 Å². The summed E-state index contributed by atoms with van der Waals surface area (Å²) in [5.74, 6) is -0.519. The van der Waals surface area contributed by atoms with Gasteiger partial charge in [-0.05, 0) is 31.5 Å². The second-order valence-corrected chi connectivity index (χ2v) is 5.06. The van der Waals surface area contributed by atoms with Crippen molar-refractivity contribution in [3.05, 3.63) is 40.4 Å². The van der Waals surface area contributed by atoms with Crippen LogP contribution in [0.25, 0.3) is 0 Å². The van der Waals surface area contributed by atoms with Gasteiger partial charge in [-0.25, -0.2) is 4.98 Å². The molecule has 0 spiro atoms. The van der Waals surface area contributed by atoms with Crippen LogP contribution in [0, 0.1) is 6.92 Å². The van der Waals surface area contributed by atoms with Gasteiger partial charge in [0, 0.05) is 5.38 Å². The normalized spacial score (nSPS) is 11.4. The van der Waals surface area contributed by atoms with Gasteiger partial charge in [0.2, 0.25) is 0 Å². The van der Waals surface area contributed by atoms with Crippen molar-refractivity contribution in [2.75, 3.05) is 5.32 Å². The standard InChI is InChI=1S/C13H13N3O3S/c1-7-3-4-9(11(17)5-7)12(18)15-13-14-10(6-20-13)8(2)16-19/h3-6,17,19H,1-2H3,(H,14,15,18). The molecule has 2 rings (SSSR count). The zero-order valence-corrected chi connectivity index (χ0v) is 11.7. The summed E-state index contributed by atoms with van der Waals surface area (Å²) in [7, 11) is 0. The van der Waals surface area contributed by atoms with Crippen molar-refractivity contribution in [2.24, 2.45) is 5.16 Å². The van der Waals surface area contributed by atoms with Gasteiger partial charge < -0.3 is 10.3 Å². The third-order valence-corrected chi connectivity index (χ3v) is 3.40. The number of benzene rings is 1. The lowest BCUT2D eigenvalue weighted by Gasteiger charge is -2.04. The van der Waals surface area contributed by atoms with Crippen molar-refractivity contribution in [3.63, 3.8) is 0 Å². The van der Waals surface area contributed by atoms with Gasteiger partial charge in [0.15, 0.2) is 5.13 Å². The maximum atomic E-state index is 12.0. The van der Waals surface area contributed by atoms with Crippen LogP contribution in [0.3, 0.4) is 0 Å². The molecule has 0 radical (unpaired) electrons. The number of carbonyl (C=O) groups is 1. The largest absolute Gasteiger partial charge is 0.507 e. The molecule has 0 bridgehead atoms. The molecule has 0 saturated heterocycles. The molecule has 0 aliphatic heterocycles. The SMILES string of the molecule is CC(=NO)c1csc(NC(=O)c2ccc(C)cc2O)n1.